The van der Waals surface area contributed by atoms with E-state index in [-0.39, 0.29) is 54.8 Å². The Balaban J connectivity index is 1.14. The molecule has 0 saturated carbocycles. The van der Waals surface area contributed by atoms with Crippen LogP contribution in [0.15, 0.2) is 66.7 Å². The second-order valence-electron chi connectivity index (χ2n) is 10.7. The number of halogens is 1. The average Bonchev–Trinajstić information content (AvgIpc) is 3.27. The van der Waals surface area contributed by atoms with Gasteiger partial charge in [-0.05, 0) is 66.5 Å². The predicted molar refractivity (Wildman–Crippen MR) is 144 cm³/mol. The van der Waals surface area contributed by atoms with Crippen molar-refractivity contribution in [1.82, 2.24) is 4.90 Å². The van der Waals surface area contributed by atoms with Crippen LogP contribution in [0.1, 0.15) is 59.5 Å². The molecule has 1 aliphatic carbocycles. The first-order valence-corrected chi connectivity index (χ1v) is 13.6. The number of hydrogen-bond acceptors (Lipinski definition) is 5. The van der Waals surface area contributed by atoms with Crippen molar-refractivity contribution in [1.29, 1.82) is 0 Å². The molecule has 3 aliphatic rings. The highest BCUT2D eigenvalue weighted by Gasteiger charge is 2.44. The fourth-order valence-corrected chi connectivity index (χ4v) is 6.69. The summed E-state index contributed by atoms with van der Waals surface area (Å²) in [6, 6.07) is 20.7. The van der Waals surface area contributed by atoms with Gasteiger partial charge in [-0.3, -0.25) is 4.79 Å². The highest BCUT2D eigenvalue weighted by molar-refractivity contribution is 5.98. The maximum atomic E-state index is 14.8. The van der Waals surface area contributed by atoms with Crippen molar-refractivity contribution in [2.45, 2.75) is 50.1 Å². The van der Waals surface area contributed by atoms with E-state index in [1.165, 1.54) is 41.5 Å². The number of nitrogens with zero attached hydrogens (tertiary/aromatic N) is 1. The molecule has 3 aromatic carbocycles. The van der Waals surface area contributed by atoms with Crippen molar-refractivity contribution >= 4 is 11.9 Å². The summed E-state index contributed by atoms with van der Waals surface area (Å²) >= 11 is 0. The Morgan fingerprint density at radius 1 is 0.923 bits per heavy atom. The number of Topliss-reactive ketones (excluding diaryl/α,β-unsaturated/α-hetero) is 1. The molecule has 0 N–H and O–H groups in total. The van der Waals surface area contributed by atoms with Crippen molar-refractivity contribution in [3.05, 3.63) is 89.2 Å². The second kappa shape index (κ2) is 10.8. The number of carbonyl (C=O) groups is 2. The first-order valence-electron chi connectivity index (χ1n) is 13.6. The smallest absolute Gasteiger partial charge is 0.410 e. The van der Waals surface area contributed by atoms with Crippen molar-refractivity contribution in [2.24, 2.45) is 5.92 Å². The molecule has 2 atom stereocenters. The van der Waals surface area contributed by atoms with Gasteiger partial charge in [0, 0.05) is 37.1 Å². The van der Waals surface area contributed by atoms with Gasteiger partial charge in [-0.25, -0.2) is 9.18 Å². The molecule has 39 heavy (non-hydrogen) atoms. The Morgan fingerprint density at radius 3 is 2.18 bits per heavy atom. The summed E-state index contributed by atoms with van der Waals surface area (Å²) in [5.74, 6) is -0.835. The number of rotatable bonds is 7. The molecule has 0 radical (unpaired) electrons. The van der Waals surface area contributed by atoms with Crippen LogP contribution >= 0.6 is 0 Å². The van der Waals surface area contributed by atoms with Crippen LogP contribution in [-0.2, 0) is 9.47 Å². The van der Waals surface area contributed by atoms with Crippen molar-refractivity contribution in [2.75, 3.05) is 20.5 Å². The van der Waals surface area contributed by atoms with E-state index in [0.29, 0.717) is 18.6 Å². The van der Waals surface area contributed by atoms with Crippen LogP contribution in [-0.4, -0.2) is 49.4 Å². The minimum absolute atomic E-state index is 0.000812. The summed E-state index contributed by atoms with van der Waals surface area (Å²) in [6.07, 6.45) is 3.35. The van der Waals surface area contributed by atoms with Crippen LogP contribution in [0.25, 0.3) is 11.1 Å². The fourth-order valence-electron chi connectivity index (χ4n) is 6.69. The zero-order valence-electron chi connectivity index (χ0n) is 22.0. The number of benzene rings is 3. The number of ketones is 1. The first-order chi connectivity index (χ1) is 19.0. The summed E-state index contributed by atoms with van der Waals surface area (Å²) in [5.41, 5.74) is 4.80. The number of piperidine rings is 2. The third kappa shape index (κ3) is 4.80. The molecule has 0 spiro atoms. The molecule has 2 aliphatic heterocycles. The molecule has 2 bridgehead atoms. The van der Waals surface area contributed by atoms with Gasteiger partial charge in [-0.2, -0.15) is 0 Å². The first kappa shape index (κ1) is 25.6. The van der Waals surface area contributed by atoms with Gasteiger partial charge < -0.3 is 19.1 Å². The van der Waals surface area contributed by atoms with E-state index in [2.05, 4.69) is 24.3 Å². The molecule has 7 heteroatoms. The van der Waals surface area contributed by atoms with Gasteiger partial charge in [-0.1, -0.05) is 48.5 Å². The van der Waals surface area contributed by atoms with Gasteiger partial charge in [-0.15, -0.1) is 0 Å². The monoisotopic (exact) mass is 529 g/mol. The van der Waals surface area contributed by atoms with E-state index in [4.69, 9.17) is 14.2 Å². The quantitative estimate of drug-likeness (QED) is 0.256. The van der Waals surface area contributed by atoms with Crippen LogP contribution in [0.5, 0.6) is 5.75 Å². The molecular formula is C32H32FNO5. The summed E-state index contributed by atoms with van der Waals surface area (Å²) in [7, 11) is 1.49. The van der Waals surface area contributed by atoms with Gasteiger partial charge in [0.15, 0.2) is 12.6 Å². The lowest BCUT2D eigenvalue weighted by Crippen LogP contribution is -2.56. The van der Waals surface area contributed by atoms with Gasteiger partial charge in [0.1, 0.15) is 18.2 Å². The van der Waals surface area contributed by atoms with Crippen molar-refractivity contribution in [3.63, 3.8) is 0 Å². The number of fused-ring (bicyclic) bond motifs is 5. The van der Waals surface area contributed by atoms with E-state index in [0.717, 1.165) is 19.3 Å². The highest BCUT2D eigenvalue weighted by atomic mass is 19.1. The Hall–Kier alpha value is -3.71. The standard InChI is InChI=1S/C32H32FNO5/c1-37-19-39-23-13-14-28(30(33)17-23)31(35)20-15-21-7-6-8-22(16-20)34(21)32(36)38-18-29-26-11-4-2-9-24(26)25-10-3-5-12-27(25)29/h2-5,9-14,17,20-22,29H,6-8,15-16,18-19H2,1H3. The molecule has 2 fully saturated rings. The third-order valence-corrected chi connectivity index (χ3v) is 8.44. The average molecular weight is 530 g/mol. The van der Waals surface area contributed by atoms with Crippen molar-refractivity contribution < 1.29 is 28.2 Å². The number of hydrogen-bond donors (Lipinski definition) is 0. The Labute approximate surface area is 227 Å². The summed E-state index contributed by atoms with van der Waals surface area (Å²) in [6.45, 7) is 0.276. The molecule has 1 amide bonds. The van der Waals surface area contributed by atoms with Crippen LogP contribution in [0, 0.1) is 11.7 Å². The predicted octanol–water partition coefficient (Wildman–Crippen LogP) is 6.57. The number of ether oxygens (including phenoxy) is 3. The SMILES string of the molecule is COCOc1ccc(C(=O)C2CC3CCCC(C2)N3C(=O)OCC2c3ccccc3-c3ccccc32)c(F)c1. The summed E-state index contributed by atoms with van der Waals surface area (Å²) in [4.78, 5) is 28.7. The molecule has 3 aromatic rings. The van der Waals surface area contributed by atoms with Gasteiger partial charge in [0.2, 0.25) is 0 Å². The van der Waals surface area contributed by atoms with Gasteiger partial charge in [0.05, 0.1) is 5.56 Å². The Morgan fingerprint density at radius 2 is 1.56 bits per heavy atom. The maximum absolute atomic E-state index is 14.8. The largest absolute Gasteiger partial charge is 0.467 e. The number of amides is 1. The van der Waals surface area contributed by atoms with Gasteiger partial charge in [0.25, 0.3) is 0 Å². The minimum atomic E-state index is -0.599. The molecule has 2 heterocycles. The van der Waals surface area contributed by atoms with Crippen molar-refractivity contribution in [3.8, 4) is 16.9 Å². The lowest BCUT2D eigenvalue weighted by atomic mass is 9.76. The molecule has 0 aromatic heterocycles. The van der Waals surface area contributed by atoms with Crippen LogP contribution in [0.4, 0.5) is 9.18 Å². The maximum Gasteiger partial charge on any atom is 0.410 e. The van der Waals surface area contributed by atoms with Crippen LogP contribution < -0.4 is 4.74 Å². The minimum Gasteiger partial charge on any atom is -0.467 e. The van der Waals surface area contributed by atoms with Gasteiger partial charge >= 0.3 is 6.09 Å². The van der Waals surface area contributed by atoms with E-state index < -0.39 is 5.82 Å². The highest BCUT2D eigenvalue weighted by Crippen LogP contribution is 2.45. The third-order valence-electron chi connectivity index (χ3n) is 8.44. The molecule has 6 rings (SSSR count). The van der Waals surface area contributed by atoms with Crippen LogP contribution in [0.2, 0.25) is 0 Å². The molecule has 2 unspecified atom stereocenters. The second-order valence-corrected chi connectivity index (χ2v) is 10.7. The van der Waals surface area contributed by atoms with Crippen LogP contribution in [0.3, 0.4) is 0 Å². The lowest BCUT2D eigenvalue weighted by molar-refractivity contribution is 0.00641. The summed E-state index contributed by atoms with van der Waals surface area (Å²) < 4.78 is 30.9. The molecule has 6 nitrogen and oxygen atoms in total. The fraction of sp³-hybridized carbons (Fsp3) is 0.375. The van der Waals surface area contributed by atoms with E-state index in [9.17, 15) is 14.0 Å². The van der Waals surface area contributed by atoms with E-state index in [1.807, 2.05) is 29.2 Å². The summed E-state index contributed by atoms with van der Waals surface area (Å²) in [5, 5.41) is 0. The zero-order valence-corrected chi connectivity index (χ0v) is 22.0. The Kier molecular flexibility index (Phi) is 7.09. The topological polar surface area (TPSA) is 65.1 Å². The Bertz CT molecular complexity index is 1330. The molecule has 2 saturated heterocycles. The number of carbonyl (C=O) groups excluding carboxylic acids is 2. The molecular weight excluding hydrogens is 497 g/mol. The zero-order chi connectivity index (χ0) is 26.9. The van der Waals surface area contributed by atoms with E-state index in [1.54, 1.807) is 6.07 Å². The lowest BCUT2D eigenvalue weighted by Gasteiger charge is -2.47. The van der Waals surface area contributed by atoms with E-state index >= 15 is 0 Å². The number of methoxy groups -OCH3 is 1. The molecule has 202 valence electrons. The normalized spacial score (nSPS) is 21.7.